The first kappa shape index (κ1) is 17.7. The zero-order valence-corrected chi connectivity index (χ0v) is 16.3. The summed E-state index contributed by atoms with van der Waals surface area (Å²) in [4.78, 5) is 22.8. The number of nitrogens with zero attached hydrogens (tertiary/aromatic N) is 4. The van der Waals surface area contributed by atoms with Crippen LogP contribution in [0.3, 0.4) is 0 Å². The molecular formula is C22H23N5O2. The predicted molar refractivity (Wildman–Crippen MR) is 109 cm³/mol. The number of carbonyl (C=O) groups is 1. The number of anilines is 1. The number of benzene rings is 1. The summed E-state index contributed by atoms with van der Waals surface area (Å²) in [7, 11) is 0. The first-order chi connectivity index (χ1) is 14.2. The molecule has 1 N–H and O–H groups in total. The number of likely N-dealkylation sites (tertiary alicyclic amines) is 1. The topological polar surface area (TPSA) is 72.3 Å². The molecular weight excluding hydrogens is 366 g/mol. The van der Waals surface area contributed by atoms with Crippen molar-refractivity contribution in [1.29, 1.82) is 0 Å². The van der Waals surface area contributed by atoms with Crippen molar-refractivity contribution in [3.63, 3.8) is 0 Å². The molecule has 3 aromatic rings. The van der Waals surface area contributed by atoms with Crippen LogP contribution in [0, 0.1) is 0 Å². The van der Waals surface area contributed by atoms with Crippen molar-refractivity contribution in [2.24, 2.45) is 0 Å². The molecule has 2 aromatic heterocycles. The fraction of sp³-hybridized carbons (Fsp3) is 0.318. The summed E-state index contributed by atoms with van der Waals surface area (Å²) >= 11 is 0. The fourth-order valence-corrected chi connectivity index (χ4v) is 4.43. The van der Waals surface area contributed by atoms with E-state index in [1.807, 2.05) is 17.9 Å². The second-order valence-corrected chi connectivity index (χ2v) is 7.47. The van der Waals surface area contributed by atoms with Gasteiger partial charge in [-0.05, 0) is 44.0 Å². The van der Waals surface area contributed by atoms with E-state index in [0.717, 1.165) is 30.0 Å². The SMILES string of the molecule is CCOc1ccc2c(c1)NC1(CCN(C(=O)c3cnccn3)CC1)c1cccn1-2. The number of nitrogens with one attached hydrogen (secondary N) is 1. The highest BCUT2D eigenvalue weighted by molar-refractivity contribution is 5.92. The van der Waals surface area contributed by atoms with Gasteiger partial charge < -0.3 is 19.5 Å². The molecule has 0 atom stereocenters. The predicted octanol–water partition coefficient (Wildman–Crippen LogP) is 3.22. The molecule has 1 fully saturated rings. The molecule has 0 saturated carbocycles. The van der Waals surface area contributed by atoms with Gasteiger partial charge in [0.2, 0.25) is 0 Å². The quantitative estimate of drug-likeness (QED) is 0.745. The summed E-state index contributed by atoms with van der Waals surface area (Å²) in [6.45, 7) is 3.95. The van der Waals surface area contributed by atoms with Crippen molar-refractivity contribution < 1.29 is 9.53 Å². The summed E-state index contributed by atoms with van der Waals surface area (Å²) in [6.07, 6.45) is 8.41. The molecule has 0 radical (unpaired) electrons. The Labute approximate surface area is 169 Å². The van der Waals surface area contributed by atoms with E-state index in [2.05, 4.69) is 50.3 Å². The molecule has 7 heteroatoms. The van der Waals surface area contributed by atoms with Crippen LogP contribution >= 0.6 is 0 Å². The smallest absolute Gasteiger partial charge is 0.274 e. The molecule has 148 valence electrons. The summed E-state index contributed by atoms with van der Waals surface area (Å²) < 4.78 is 7.95. The van der Waals surface area contributed by atoms with Crippen LogP contribution in [0.1, 0.15) is 35.9 Å². The third-order valence-electron chi connectivity index (χ3n) is 5.84. The van der Waals surface area contributed by atoms with Crippen LogP contribution in [0.15, 0.2) is 55.1 Å². The molecule has 1 saturated heterocycles. The molecule has 0 bridgehead atoms. The number of rotatable bonds is 3. The number of hydrogen-bond donors (Lipinski definition) is 1. The minimum absolute atomic E-state index is 0.0572. The average Bonchev–Trinajstić information content (AvgIpc) is 3.26. The van der Waals surface area contributed by atoms with Crippen LogP contribution in [0.25, 0.3) is 5.69 Å². The van der Waals surface area contributed by atoms with Gasteiger partial charge in [-0.3, -0.25) is 9.78 Å². The van der Waals surface area contributed by atoms with Crippen molar-refractivity contribution in [3.8, 4) is 11.4 Å². The number of ether oxygens (including phenoxy) is 1. The Kier molecular flexibility index (Phi) is 4.23. The minimum atomic E-state index is -0.208. The third-order valence-corrected chi connectivity index (χ3v) is 5.84. The lowest BCUT2D eigenvalue weighted by molar-refractivity contribution is 0.0670. The third kappa shape index (κ3) is 2.93. The summed E-state index contributed by atoms with van der Waals surface area (Å²) in [5.74, 6) is 0.804. The maximum absolute atomic E-state index is 12.8. The Morgan fingerprint density at radius 1 is 1.24 bits per heavy atom. The number of aromatic nitrogens is 3. The molecule has 5 rings (SSSR count). The maximum atomic E-state index is 12.8. The highest BCUT2D eigenvalue weighted by Crippen LogP contribution is 2.44. The molecule has 2 aliphatic rings. The van der Waals surface area contributed by atoms with E-state index in [1.165, 1.54) is 11.9 Å². The van der Waals surface area contributed by atoms with Crippen molar-refractivity contribution >= 4 is 11.6 Å². The molecule has 7 nitrogen and oxygen atoms in total. The summed E-state index contributed by atoms with van der Waals surface area (Å²) in [6, 6.07) is 10.4. The molecule has 1 spiro atoms. The van der Waals surface area contributed by atoms with E-state index in [-0.39, 0.29) is 11.4 Å². The van der Waals surface area contributed by atoms with E-state index in [9.17, 15) is 4.79 Å². The Hall–Kier alpha value is -3.35. The molecule has 2 aliphatic heterocycles. The molecule has 0 unspecified atom stereocenters. The average molecular weight is 389 g/mol. The lowest BCUT2D eigenvalue weighted by atomic mass is 9.82. The van der Waals surface area contributed by atoms with Crippen molar-refractivity contribution in [3.05, 3.63) is 66.5 Å². The van der Waals surface area contributed by atoms with Crippen LogP contribution in [0.2, 0.25) is 0 Å². The van der Waals surface area contributed by atoms with Gasteiger partial charge in [-0.1, -0.05) is 0 Å². The number of amides is 1. The van der Waals surface area contributed by atoms with Crippen LogP contribution < -0.4 is 10.1 Å². The summed E-state index contributed by atoms with van der Waals surface area (Å²) in [5, 5.41) is 3.79. The minimum Gasteiger partial charge on any atom is -0.494 e. The largest absolute Gasteiger partial charge is 0.494 e. The Balaban J connectivity index is 1.42. The standard InChI is InChI=1S/C22H23N5O2/c1-2-29-16-5-6-19-17(14-16)25-22(20-4-3-11-27(19)20)7-12-26(13-8-22)21(28)18-15-23-9-10-24-18/h3-6,9-11,14-15,25H,2,7-8,12-13H2,1H3. The number of fused-ring (bicyclic) bond motifs is 4. The van der Waals surface area contributed by atoms with Crippen LogP contribution in [0.4, 0.5) is 5.69 Å². The normalized spacial score (nSPS) is 16.7. The fourth-order valence-electron chi connectivity index (χ4n) is 4.43. The van der Waals surface area contributed by atoms with Gasteiger partial charge in [0.25, 0.3) is 5.91 Å². The number of hydrogen-bond acceptors (Lipinski definition) is 5. The molecule has 29 heavy (non-hydrogen) atoms. The summed E-state index contributed by atoms with van der Waals surface area (Å²) in [5.41, 5.74) is 3.61. The van der Waals surface area contributed by atoms with Gasteiger partial charge in [-0.15, -0.1) is 0 Å². The first-order valence-corrected chi connectivity index (χ1v) is 9.99. The lowest BCUT2D eigenvalue weighted by Gasteiger charge is -2.46. The van der Waals surface area contributed by atoms with Gasteiger partial charge in [0.15, 0.2) is 0 Å². The second kappa shape index (κ2) is 6.92. The monoisotopic (exact) mass is 389 g/mol. The van der Waals surface area contributed by atoms with E-state index < -0.39 is 0 Å². The van der Waals surface area contributed by atoms with E-state index in [0.29, 0.717) is 25.4 Å². The van der Waals surface area contributed by atoms with E-state index in [4.69, 9.17) is 4.74 Å². The number of piperidine rings is 1. The van der Waals surface area contributed by atoms with Crippen LogP contribution in [-0.2, 0) is 5.54 Å². The highest BCUT2D eigenvalue weighted by atomic mass is 16.5. The van der Waals surface area contributed by atoms with Crippen LogP contribution in [-0.4, -0.2) is 45.0 Å². The first-order valence-electron chi connectivity index (χ1n) is 9.99. The van der Waals surface area contributed by atoms with Gasteiger partial charge in [-0.2, -0.15) is 0 Å². The second-order valence-electron chi connectivity index (χ2n) is 7.47. The van der Waals surface area contributed by atoms with Gasteiger partial charge >= 0.3 is 0 Å². The van der Waals surface area contributed by atoms with Gasteiger partial charge in [0, 0.05) is 43.4 Å². The van der Waals surface area contributed by atoms with E-state index in [1.54, 1.807) is 12.4 Å². The Bertz CT molecular complexity index is 1040. The number of carbonyl (C=O) groups excluding carboxylic acids is 1. The zero-order valence-electron chi connectivity index (χ0n) is 16.3. The molecule has 0 aliphatic carbocycles. The highest BCUT2D eigenvalue weighted by Gasteiger charge is 2.42. The molecule has 1 aromatic carbocycles. The van der Waals surface area contributed by atoms with Crippen LogP contribution in [0.5, 0.6) is 5.75 Å². The van der Waals surface area contributed by atoms with Gasteiger partial charge in [0.05, 0.1) is 29.7 Å². The molecule has 1 amide bonds. The van der Waals surface area contributed by atoms with Gasteiger partial charge in [-0.25, -0.2) is 4.98 Å². The van der Waals surface area contributed by atoms with E-state index >= 15 is 0 Å². The van der Waals surface area contributed by atoms with Crippen molar-refractivity contribution in [2.75, 3.05) is 25.0 Å². The molecule has 4 heterocycles. The zero-order chi connectivity index (χ0) is 19.8. The van der Waals surface area contributed by atoms with Crippen molar-refractivity contribution in [1.82, 2.24) is 19.4 Å². The Morgan fingerprint density at radius 2 is 2.10 bits per heavy atom. The van der Waals surface area contributed by atoms with Crippen molar-refractivity contribution in [2.45, 2.75) is 25.3 Å². The van der Waals surface area contributed by atoms with Gasteiger partial charge in [0.1, 0.15) is 11.4 Å². The lowest BCUT2D eigenvalue weighted by Crippen LogP contribution is -2.51. The maximum Gasteiger partial charge on any atom is 0.274 e. The Morgan fingerprint density at radius 3 is 2.86 bits per heavy atom.